The summed E-state index contributed by atoms with van der Waals surface area (Å²) in [7, 11) is -2.71. The number of aliphatic carboxylic acids is 1. The standard InChI is InChI=1S/C25H19ClF3NO5S/c1-35-18-7-9-23-21(13-18)16(5-10-24(31)32)14-30(23)36(33,34)19-4-2-3-15(11-19)20-8-6-17(12-22(20)26)25(27,28)29/h2-4,6-9,11-14H,5,10H2,1H3,(H,31,32). The Morgan fingerprint density at radius 1 is 1.08 bits per heavy atom. The van der Waals surface area contributed by atoms with Crippen LogP contribution in [0.25, 0.3) is 22.0 Å². The number of hydrogen-bond acceptors (Lipinski definition) is 4. The third kappa shape index (κ3) is 4.91. The van der Waals surface area contributed by atoms with Crippen molar-refractivity contribution in [2.75, 3.05) is 7.11 Å². The predicted molar refractivity (Wildman–Crippen MR) is 129 cm³/mol. The number of hydrogen-bond donors (Lipinski definition) is 1. The van der Waals surface area contributed by atoms with Crippen molar-refractivity contribution in [3.8, 4) is 16.9 Å². The van der Waals surface area contributed by atoms with Gasteiger partial charge in [-0.15, -0.1) is 0 Å². The van der Waals surface area contributed by atoms with Crippen molar-refractivity contribution in [3.63, 3.8) is 0 Å². The minimum Gasteiger partial charge on any atom is -0.497 e. The van der Waals surface area contributed by atoms with Crippen molar-refractivity contribution in [2.24, 2.45) is 0 Å². The first-order valence-electron chi connectivity index (χ1n) is 10.5. The van der Waals surface area contributed by atoms with E-state index < -0.39 is 27.7 Å². The highest BCUT2D eigenvalue weighted by Crippen LogP contribution is 2.37. The largest absolute Gasteiger partial charge is 0.497 e. The molecule has 36 heavy (non-hydrogen) atoms. The molecule has 1 heterocycles. The Labute approximate surface area is 209 Å². The van der Waals surface area contributed by atoms with E-state index in [9.17, 15) is 26.4 Å². The van der Waals surface area contributed by atoms with Gasteiger partial charge in [-0.3, -0.25) is 4.79 Å². The molecule has 188 valence electrons. The zero-order valence-electron chi connectivity index (χ0n) is 18.7. The quantitative estimate of drug-likeness (QED) is 0.301. The molecule has 0 unspecified atom stereocenters. The van der Waals surface area contributed by atoms with Crippen LogP contribution in [0.15, 0.2) is 71.8 Å². The van der Waals surface area contributed by atoms with Crippen molar-refractivity contribution >= 4 is 38.5 Å². The second-order valence-electron chi connectivity index (χ2n) is 7.95. The lowest BCUT2D eigenvalue weighted by Crippen LogP contribution is -2.12. The molecule has 4 aromatic rings. The molecule has 0 amide bonds. The number of benzene rings is 3. The number of halogens is 4. The van der Waals surface area contributed by atoms with Crippen molar-refractivity contribution in [1.29, 1.82) is 0 Å². The molecule has 0 aliphatic carbocycles. The van der Waals surface area contributed by atoms with Crippen molar-refractivity contribution in [2.45, 2.75) is 23.9 Å². The molecular formula is C25H19ClF3NO5S. The van der Waals surface area contributed by atoms with Crippen LogP contribution < -0.4 is 4.74 Å². The molecule has 0 atom stereocenters. The first-order valence-corrected chi connectivity index (χ1v) is 12.4. The van der Waals surface area contributed by atoms with E-state index in [1.54, 1.807) is 24.3 Å². The molecule has 11 heteroatoms. The van der Waals surface area contributed by atoms with Gasteiger partial charge in [0.05, 0.1) is 23.1 Å². The average Bonchev–Trinajstić information content (AvgIpc) is 3.20. The van der Waals surface area contributed by atoms with Crippen molar-refractivity contribution in [3.05, 3.63) is 83.0 Å². The summed E-state index contributed by atoms with van der Waals surface area (Å²) in [6.07, 6.45) is -3.29. The molecule has 1 N–H and O–H groups in total. The van der Waals surface area contributed by atoms with Gasteiger partial charge >= 0.3 is 12.1 Å². The lowest BCUT2D eigenvalue weighted by molar-refractivity contribution is -0.138. The van der Waals surface area contributed by atoms with Gasteiger partial charge < -0.3 is 9.84 Å². The Kier molecular flexibility index (Phi) is 6.76. The Morgan fingerprint density at radius 2 is 1.83 bits per heavy atom. The highest BCUT2D eigenvalue weighted by atomic mass is 35.5. The third-order valence-corrected chi connectivity index (χ3v) is 7.65. The van der Waals surface area contributed by atoms with Crippen LogP contribution in [-0.4, -0.2) is 30.6 Å². The maximum atomic E-state index is 13.6. The van der Waals surface area contributed by atoms with Gasteiger partial charge in [0.2, 0.25) is 0 Å². The van der Waals surface area contributed by atoms with Crippen LogP contribution in [0.5, 0.6) is 5.75 Å². The zero-order chi connectivity index (χ0) is 26.3. The zero-order valence-corrected chi connectivity index (χ0v) is 20.3. The summed E-state index contributed by atoms with van der Waals surface area (Å²) < 4.78 is 72.6. The molecule has 4 rings (SSSR count). The number of carboxylic acid groups (broad SMARTS) is 1. The molecule has 0 spiro atoms. The first kappa shape index (κ1) is 25.6. The number of rotatable bonds is 7. The lowest BCUT2D eigenvalue weighted by atomic mass is 10.0. The molecule has 0 saturated carbocycles. The molecule has 0 bridgehead atoms. The van der Waals surface area contributed by atoms with Gasteiger partial charge in [0, 0.05) is 28.6 Å². The summed E-state index contributed by atoms with van der Waals surface area (Å²) in [4.78, 5) is 11.0. The summed E-state index contributed by atoms with van der Waals surface area (Å²) >= 11 is 6.11. The summed E-state index contributed by atoms with van der Waals surface area (Å²) in [6.45, 7) is 0. The topological polar surface area (TPSA) is 85.6 Å². The van der Waals surface area contributed by atoms with Gasteiger partial charge in [0.1, 0.15) is 5.75 Å². The molecule has 0 aliphatic heterocycles. The van der Waals surface area contributed by atoms with E-state index in [1.807, 2.05) is 0 Å². The molecule has 0 saturated heterocycles. The van der Waals surface area contributed by atoms with Crippen molar-refractivity contribution < 1.29 is 36.2 Å². The number of alkyl halides is 3. The molecule has 0 aliphatic rings. The first-order chi connectivity index (χ1) is 16.9. The van der Waals surface area contributed by atoms with Gasteiger partial charge in [-0.25, -0.2) is 12.4 Å². The molecule has 3 aromatic carbocycles. The van der Waals surface area contributed by atoms with Crippen LogP contribution >= 0.6 is 11.6 Å². The number of aromatic nitrogens is 1. The number of ether oxygens (including phenoxy) is 1. The minimum absolute atomic E-state index is 0.0999. The molecule has 0 radical (unpaired) electrons. The Morgan fingerprint density at radius 3 is 2.47 bits per heavy atom. The highest BCUT2D eigenvalue weighted by Gasteiger charge is 2.31. The fourth-order valence-corrected chi connectivity index (χ4v) is 5.60. The van der Waals surface area contributed by atoms with E-state index in [0.717, 1.165) is 16.1 Å². The monoisotopic (exact) mass is 537 g/mol. The lowest BCUT2D eigenvalue weighted by Gasteiger charge is -2.12. The predicted octanol–water partition coefficient (Wildman–Crippen LogP) is 6.24. The van der Waals surface area contributed by atoms with Crippen LogP contribution in [0.4, 0.5) is 13.2 Å². The number of nitrogens with zero attached hydrogens (tertiary/aromatic N) is 1. The summed E-state index contributed by atoms with van der Waals surface area (Å²) in [5.41, 5.74) is 0.485. The van der Waals surface area contributed by atoms with E-state index in [1.165, 1.54) is 37.6 Å². The van der Waals surface area contributed by atoms with Gasteiger partial charge in [0.25, 0.3) is 10.0 Å². The molecule has 1 aromatic heterocycles. The number of aryl methyl sites for hydroxylation is 1. The van der Waals surface area contributed by atoms with Crippen LogP contribution in [0.1, 0.15) is 17.5 Å². The SMILES string of the molecule is COc1ccc2c(c1)c(CCC(=O)O)cn2S(=O)(=O)c1cccc(-c2ccc(C(F)(F)F)cc2Cl)c1. The van der Waals surface area contributed by atoms with Crippen LogP contribution in [-0.2, 0) is 27.4 Å². The van der Waals surface area contributed by atoms with Gasteiger partial charge in [0.15, 0.2) is 0 Å². The van der Waals surface area contributed by atoms with Gasteiger partial charge in [-0.2, -0.15) is 13.2 Å². The summed E-state index contributed by atoms with van der Waals surface area (Å²) in [5, 5.41) is 9.45. The van der Waals surface area contributed by atoms with E-state index in [2.05, 4.69) is 0 Å². The maximum Gasteiger partial charge on any atom is 0.416 e. The number of fused-ring (bicyclic) bond motifs is 1. The van der Waals surface area contributed by atoms with Gasteiger partial charge in [-0.05, 0) is 60.0 Å². The van der Waals surface area contributed by atoms with Crippen molar-refractivity contribution in [1.82, 2.24) is 3.97 Å². The number of methoxy groups -OCH3 is 1. The number of carboxylic acids is 1. The summed E-state index contributed by atoms with van der Waals surface area (Å²) in [5.74, 6) is -0.545. The normalized spacial score (nSPS) is 12.1. The molecular weight excluding hydrogens is 519 g/mol. The van der Waals surface area contributed by atoms with Crippen LogP contribution in [0.2, 0.25) is 5.02 Å². The average molecular weight is 538 g/mol. The molecule has 0 fully saturated rings. The Hall–Kier alpha value is -3.50. The van der Waals surface area contributed by atoms with E-state index in [4.69, 9.17) is 21.4 Å². The van der Waals surface area contributed by atoms with Crippen LogP contribution in [0, 0.1) is 0 Å². The smallest absolute Gasteiger partial charge is 0.416 e. The van der Waals surface area contributed by atoms with E-state index >= 15 is 0 Å². The van der Waals surface area contributed by atoms with E-state index in [0.29, 0.717) is 27.8 Å². The Balaban J connectivity index is 1.81. The Bertz CT molecular complexity index is 1580. The second-order valence-corrected chi connectivity index (χ2v) is 10.2. The minimum atomic E-state index is -4.57. The van der Waals surface area contributed by atoms with Gasteiger partial charge in [-0.1, -0.05) is 29.8 Å². The highest BCUT2D eigenvalue weighted by molar-refractivity contribution is 7.90. The van der Waals surface area contributed by atoms with E-state index in [-0.39, 0.29) is 28.3 Å². The maximum absolute atomic E-state index is 13.6. The van der Waals surface area contributed by atoms with Crippen LogP contribution in [0.3, 0.4) is 0 Å². The second kappa shape index (κ2) is 9.51. The fraction of sp³-hybridized carbons (Fsp3) is 0.160. The summed E-state index contributed by atoms with van der Waals surface area (Å²) in [6, 6.07) is 13.4. The third-order valence-electron chi connectivity index (χ3n) is 5.67. The molecule has 6 nitrogen and oxygen atoms in total. The fourth-order valence-electron chi connectivity index (χ4n) is 3.88. The number of carbonyl (C=O) groups is 1.